The van der Waals surface area contributed by atoms with Crippen LogP contribution in [0.3, 0.4) is 0 Å². The van der Waals surface area contributed by atoms with E-state index in [1.807, 2.05) is 31.2 Å². The molecule has 5 nitrogen and oxygen atoms in total. The van der Waals surface area contributed by atoms with E-state index in [-0.39, 0.29) is 29.1 Å². The first kappa shape index (κ1) is 14.1. The fourth-order valence-electron chi connectivity index (χ4n) is 4.01. The second-order valence-corrected chi connectivity index (χ2v) is 6.24. The van der Waals surface area contributed by atoms with Crippen LogP contribution in [0.25, 0.3) is 10.9 Å². The molecule has 1 amide bonds. The monoisotopic (exact) mass is 310 g/mol. The molecular formula is C18H18N2O3. The molecule has 2 aromatic rings. The van der Waals surface area contributed by atoms with Crippen molar-refractivity contribution in [2.75, 3.05) is 0 Å². The number of carbonyl (C=O) groups is 2. The standard InChI is InChI=1S/C18H18N2O3/c1-3-13-16-11(10-6-4-5-7-12(10)19-16)8-14-17(22)15(9(2)21)18(23)20(13)14/h4-7,13-14,19,21H,3,8H2,1-2H3/b15-9-/t13-,14+/m1/s1. The largest absolute Gasteiger partial charge is 0.512 e. The van der Waals surface area contributed by atoms with Gasteiger partial charge in [0.25, 0.3) is 5.91 Å². The Labute approximate surface area is 133 Å². The van der Waals surface area contributed by atoms with Crippen LogP contribution in [0.4, 0.5) is 0 Å². The van der Waals surface area contributed by atoms with Crippen LogP contribution in [0.1, 0.15) is 37.6 Å². The zero-order valence-corrected chi connectivity index (χ0v) is 13.1. The van der Waals surface area contributed by atoms with Crippen molar-refractivity contribution in [1.82, 2.24) is 9.88 Å². The van der Waals surface area contributed by atoms with Gasteiger partial charge in [0.1, 0.15) is 17.4 Å². The van der Waals surface area contributed by atoms with E-state index in [0.29, 0.717) is 12.8 Å². The average Bonchev–Trinajstić information content (AvgIpc) is 3.01. The summed E-state index contributed by atoms with van der Waals surface area (Å²) in [5, 5.41) is 10.9. The highest BCUT2D eigenvalue weighted by Crippen LogP contribution is 2.43. The minimum Gasteiger partial charge on any atom is -0.512 e. The zero-order chi connectivity index (χ0) is 16.3. The highest BCUT2D eigenvalue weighted by atomic mass is 16.3. The van der Waals surface area contributed by atoms with Crippen LogP contribution in [-0.4, -0.2) is 32.7 Å². The van der Waals surface area contributed by atoms with E-state index >= 15 is 0 Å². The summed E-state index contributed by atoms with van der Waals surface area (Å²) in [6.07, 6.45) is 1.21. The lowest BCUT2D eigenvalue weighted by molar-refractivity contribution is -0.130. The Kier molecular flexibility index (Phi) is 2.88. The SMILES string of the molecule is CC[C@@H]1c2[nH]c3ccccc3c2C[C@H]2C(=O)/C(=C(\C)O)C(=O)N12. The number of nitrogens with zero attached hydrogens (tertiary/aromatic N) is 1. The van der Waals surface area contributed by atoms with Crippen molar-refractivity contribution in [2.24, 2.45) is 0 Å². The number of aliphatic hydroxyl groups is 1. The van der Waals surface area contributed by atoms with Crippen LogP contribution in [-0.2, 0) is 16.0 Å². The Morgan fingerprint density at radius 2 is 2.09 bits per heavy atom. The van der Waals surface area contributed by atoms with Crippen LogP contribution in [0, 0.1) is 0 Å². The number of carbonyl (C=O) groups excluding carboxylic acids is 2. The molecule has 1 saturated heterocycles. The summed E-state index contributed by atoms with van der Waals surface area (Å²) < 4.78 is 0. The number of fused-ring (bicyclic) bond motifs is 4. The van der Waals surface area contributed by atoms with Crippen LogP contribution in [0.2, 0.25) is 0 Å². The van der Waals surface area contributed by atoms with Gasteiger partial charge in [-0.1, -0.05) is 25.1 Å². The predicted octanol–water partition coefficient (Wildman–Crippen LogP) is 2.79. The molecule has 0 spiro atoms. The van der Waals surface area contributed by atoms with Gasteiger partial charge >= 0.3 is 0 Å². The van der Waals surface area contributed by atoms with Gasteiger partial charge in [0.05, 0.1) is 6.04 Å². The number of Topliss-reactive ketones (excluding diaryl/α,β-unsaturated/α-hetero) is 1. The van der Waals surface area contributed by atoms with Crippen molar-refractivity contribution in [1.29, 1.82) is 0 Å². The molecule has 0 unspecified atom stereocenters. The van der Waals surface area contributed by atoms with Crippen molar-refractivity contribution < 1.29 is 14.7 Å². The van der Waals surface area contributed by atoms with E-state index in [1.54, 1.807) is 4.90 Å². The van der Waals surface area contributed by atoms with Crippen LogP contribution >= 0.6 is 0 Å². The molecule has 2 N–H and O–H groups in total. The van der Waals surface area contributed by atoms with Crippen LogP contribution < -0.4 is 0 Å². The Morgan fingerprint density at radius 3 is 2.78 bits per heavy atom. The lowest BCUT2D eigenvalue weighted by Gasteiger charge is -2.36. The van der Waals surface area contributed by atoms with Gasteiger partial charge in [0.2, 0.25) is 0 Å². The third-order valence-electron chi connectivity index (χ3n) is 4.99. The van der Waals surface area contributed by atoms with Gasteiger partial charge in [-0.3, -0.25) is 9.59 Å². The Balaban J connectivity index is 1.93. The van der Waals surface area contributed by atoms with Gasteiger partial charge in [-0.05, 0) is 25.0 Å². The van der Waals surface area contributed by atoms with Crippen LogP contribution in [0.15, 0.2) is 35.6 Å². The summed E-state index contributed by atoms with van der Waals surface area (Å²) in [4.78, 5) is 30.4. The second-order valence-electron chi connectivity index (χ2n) is 6.24. The van der Waals surface area contributed by atoms with Crippen molar-refractivity contribution in [2.45, 2.75) is 38.8 Å². The Morgan fingerprint density at radius 1 is 1.35 bits per heavy atom. The quantitative estimate of drug-likeness (QED) is 0.483. The van der Waals surface area contributed by atoms with E-state index in [2.05, 4.69) is 4.98 Å². The summed E-state index contributed by atoms with van der Waals surface area (Å²) in [6, 6.07) is 7.34. The van der Waals surface area contributed by atoms with Gasteiger partial charge < -0.3 is 15.0 Å². The van der Waals surface area contributed by atoms with Gasteiger partial charge in [0, 0.05) is 23.0 Å². The normalized spacial score (nSPS) is 25.7. The number of hydrogen-bond donors (Lipinski definition) is 2. The number of benzene rings is 1. The molecule has 3 heterocycles. The van der Waals surface area contributed by atoms with Crippen molar-refractivity contribution in [3.05, 3.63) is 46.9 Å². The summed E-state index contributed by atoms with van der Waals surface area (Å²) in [5.41, 5.74) is 3.11. The molecule has 0 bridgehead atoms. The predicted molar refractivity (Wildman–Crippen MR) is 86.0 cm³/mol. The van der Waals surface area contributed by atoms with E-state index < -0.39 is 6.04 Å². The van der Waals surface area contributed by atoms with E-state index in [1.165, 1.54) is 6.92 Å². The third-order valence-corrected chi connectivity index (χ3v) is 4.99. The minimum atomic E-state index is -0.503. The summed E-state index contributed by atoms with van der Waals surface area (Å²) in [7, 11) is 0. The molecule has 118 valence electrons. The van der Waals surface area contributed by atoms with Gasteiger partial charge in [-0.25, -0.2) is 0 Å². The Bertz CT molecular complexity index is 874. The molecule has 2 aliphatic rings. The van der Waals surface area contributed by atoms with Gasteiger partial charge in [0.15, 0.2) is 5.78 Å². The first-order chi connectivity index (χ1) is 11.0. The number of aromatic amines is 1. The molecule has 5 heteroatoms. The number of aromatic nitrogens is 1. The number of aliphatic hydroxyl groups excluding tert-OH is 1. The maximum Gasteiger partial charge on any atom is 0.262 e. The topological polar surface area (TPSA) is 73.4 Å². The molecule has 0 radical (unpaired) electrons. The molecule has 4 rings (SSSR count). The number of ketones is 1. The first-order valence-corrected chi connectivity index (χ1v) is 7.90. The lowest BCUT2D eigenvalue weighted by Crippen LogP contribution is -2.43. The molecule has 1 aromatic heterocycles. The van der Waals surface area contributed by atoms with Gasteiger partial charge in [-0.2, -0.15) is 0 Å². The number of H-pyrrole nitrogens is 1. The highest BCUT2D eigenvalue weighted by molar-refractivity contribution is 6.27. The summed E-state index contributed by atoms with van der Waals surface area (Å²) in [6.45, 7) is 3.41. The molecule has 2 aliphatic heterocycles. The van der Waals surface area contributed by atoms with Gasteiger partial charge in [-0.15, -0.1) is 0 Å². The third kappa shape index (κ3) is 1.73. The Hall–Kier alpha value is -2.56. The molecule has 1 fully saturated rings. The number of allylic oxidation sites excluding steroid dienone is 1. The molecule has 0 saturated carbocycles. The highest BCUT2D eigenvalue weighted by Gasteiger charge is 2.50. The number of rotatable bonds is 1. The maximum atomic E-state index is 12.7. The van der Waals surface area contributed by atoms with E-state index in [9.17, 15) is 14.7 Å². The maximum absolute atomic E-state index is 12.7. The second kappa shape index (κ2) is 4.72. The van der Waals surface area contributed by atoms with Crippen molar-refractivity contribution >= 4 is 22.6 Å². The van der Waals surface area contributed by atoms with E-state index in [4.69, 9.17) is 0 Å². The molecule has 2 atom stereocenters. The molecule has 0 aliphatic carbocycles. The summed E-state index contributed by atoms with van der Waals surface area (Å²) >= 11 is 0. The first-order valence-electron chi connectivity index (χ1n) is 7.90. The molecular weight excluding hydrogens is 292 g/mol. The fourth-order valence-corrected chi connectivity index (χ4v) is 4.01. The lowest BCUT2D eigenvalue weighted by atomic mass is 9.90. The molecule has 1 aromatic carbocycles. The fraction of sp³-hybridized carbons (Fsp3) is 0.333. The zero-order valence-electron chi connectivity index (χ0n) is 13.1. The number of amides is 1. The molecule has 23 heavy (non-hydrogen) atoms. The van der Waals surface area contributed by atoms with Crippen molar-refractivity contribution in [3.8, 4) is 0 Å². The number of nitrogens with one attached hydrogen (secondary N) is 1. The number of para-hydroxylation sites is 1. The van der Waals surface area contributed by atoms with Crippen LogP contribution in [0.5, 0.6) is 0 Å². The number of hydrogen-bond acceptors (Lipinski definition) is 3. The minimum absolute atomic E-state index is 0.0529. The van der Waals surface area contributed by atoms with E-state index in [0.717, 1.165) is 22.2 Å². The summed E-state index contributed by atoms with van der Waals surface area (Å²) in [5.74, 6) is -0.793. The average molecular weight is 310 g/mol. The van der Waals surface area contributed by atoms with Crippen molar-refractivity contribution in [3.63, 3.8) is 0 Å². The smallest absolute Gasteiger partial charge is 0.262 e.